The van der Waals surface area contributed by atoms with Gasteiger partial charge in [0.1, 0.15) is 0 Å². The zero-order valence-electron chi connectivity index (χ0n) is 15.7. The van der Waals surface area contributed by atoms with Crippen LogP contribution in [0.15, 0.2) is 53.4 Å². The number of aromatic nitrogens is 1. The molecule has 0 bridgehead atoms. The standard InChI is InChI=1S/C20H22N4O3S2/c21-29(26,27)16-7-3-6-15(11-16)22-19(25)13-24-10-4-5-14(12-24)20-23-17-8-1-2-9-18(17)28-20/h1-3,6-9,11,14H,4-5,10,12-13H2,(H,22,25)(H2,21,26,27)/t14-/m0/s1. The molecule has 1 atom stereocenters. The number of piperidine rings is 1. The molecule has 0 unspecified atom stereocenters. The number of fused-ring (bicyclic) bond motifs is 1. The molecule has 7 nitrogen and oxygen atoms in total. The number of benzene rings is 2. The molecule has 2 heterocycles. The lowest BCUT2D eigenvalue weighted by molar-refractivity contribution is -0.117. The molecule has 1 fully saturated rings. The second-order valence-electron chi connectivity index (χ2n) is 7.22. The number of nitrogens with two attached hydrogens (primary N) is 1. The first-order valence-corrected chi connectivity index (χ1v) is 11.8. The number of hydrogen-bond donors (Lipinski definition) is 2. The van der Waals surface area contributed by atoms with Gasteiger partial charge in [-0.05, 0) is 49.7 Å². The Balaban J connectivity index is 1.39. The van der Waals surface area contributed by atoms with Crippen LogP contribution in [-0.4, -0.2) is 43.8 Å². The minimum absolute atomic E-state index is 0.0239. The van der Waals surface area contributed by atoms with Crippen LogP contribution in [0.5, 0.6) is 0 Å². The molecule has 1 aliphatic rings. The van der Waals surface area contributed by atoms with E-state index in [1.807, 2.05) is 18.2 Å². The Morgan fingerprint density at radius 1 is 1.24 bits per heavy atom. The Bertz CT molecular complexity index is 1110. The summed E-state index contributed by atoms with van der Waals surface area (Å²) >= 11 is 1.72. The van der Waals surface area contributed by atoms with Crippen molar-refractivity contribution in [3.63, 3.8) is 0 Å². The highest BCUT2D eigenvalue weighted by Crippen LogP contribution is 2.32. The largest absolute Gasteiger partial charge is 0.325 e. The monoisotopic (exact) mass is 430 g/mol. The van der Waals surface area contributed by atoms with Crippen LogP contribution in [0.3, 0.4) is 0 Å². The van der Waals surface area contributed by atoms with E-state index in [0.29, 0.717) is 11.6 Å². The van der Waals surface area contributed by atoms with Crippen LogP contribution in [0.2, 0.25) is 0 Å². The van der Waals surface area contributed by atoms with Crippen molar-refractivity contribution < 1.29 is 13.2 Å². The number of sulfonamides is 1. The zero-order chi connectivity index (χ0) is 20.4. The van der Waals surface area contributed by atoms with Crippen molar-refractivity contribution in [1.29, 1.82) is 0 Å². The van der Waals surface area contributed by atoms with Gasteiger partial charge in [-0.1, -0.05) is 18.2 Å². The van der Waals surface area contributed by atoms with E-state index in [4.69, 9.17) is 10.1 Å². The molecule has 152 valence electrons. The van der Waals surface area contributed by atoms with Crippen molar-refractivity contribution in [2.45, 2.75) is 23.7 Å². The fourth-order valence-electron chi connectivity index (χ4n) is 3.62. The predicted molar refractivity (Wildman–Crippen MR) is 114 cm³/mol. The van der Waals surface area contributed by atoms with E-state index in [2.05, 4.69) is 16.3 Å². The number of primary sulfonamides is 1. The van der Waals surface area contributed by atoms with Gasteiger partial charge in [-0.2, -0.15) is 0 Å². The molecule has 3 aromatic rings. The third-order valence-corrected chi connectivity index (χ3v) is 7.09. The highest BCUT2D eigenvalue weighted by molar-refractivity contribution is 7.89. The van der Waals surface area contributed by atoms with Gasteiger partial charge in [0.05, 0.1) is 26.7 Å². The highest BCUT2D eigenvalue weighted by Gasteiger charge is 2.25. The molecule has 4 rings (SSSR count). The highest BCUT2D eigenvalue weighted by atomic mass is 32.2. The quantitative estimate of drug-likeness (QED) is 0.647. The summed E-state index contributed by atoms with van der Waals surface area (Å²) in [6.45, 7) is 1.89. The number of thiazole rings is 1. The maximum Gasteiger partial charge on any atom is 0.238 e. The SMILES string of the molecule is NS(=O)(=O)c1cccc(NC(=O)CN2CCC[C@H](c3nc4ccccc4s3)C2)c1. The number of hydrogen-bond acceptors (Lipinski definition) is 6. The van der Waals surface area contributed by atoms with E-state index < -0.39 is 10.0 Å². The topological polar surface area (TPSA) is 105 Å². The van der Waals surface area contributed by atoms with Crippen LogP contribution >= 0.6 is 11.3 Å². The number of nitrogens with zero attached hydrogens (tertiary/aromatic N) is 2. The summed E-state index contributed by atoms with van der Waals surface area (Å²) in [5.74, 6) is 0.140. The number of anilines is 1. The zero-order valence-corrected chi connectivity index (χ0v) is 17.4. The number of amides is 1. The van der Waals surface area contributed by atoms with Crippen LogP contribution < -0.4 is 10.5 Å². The molecule has 9 heteroatoms. The van der Waals surface area contributed by atoms with Crippen molar-refractivity contribution in [3.05, 3.63) is 53.5 Å². The van der Waals surface area contributed by atoms with E-state index in [9.17, 15) is 13.2 Å². The predicted octanol–water partition coefficient (Wildman–Crippen LogP) is 2.76. The van der Waals surface area contributed by atoms with Gasteiger partial charge in [-0.3, -0.25) is 9.69 Å². The Kier molecular flexibility index (Phi) is 5.64. The minimum Gasteiger partial charge on any atom is -0.325 e. The van der Waals surface area contributed by atoms with Crippen LogP contribution in [0.25, 0.3) is 10.2 Å². The fraction of sp³-hybridized carbons (Fsp3) is 0.300. The molecule has 1 aromatic heterocycles. The number of carbonyl (C=O) groups excluding carboxylic acids is 1. The van der Waals surface area contributed by atoms with E-state index in [1.165, 1.54) is 16.8 Å². The molecule has 3 N–H and O–H groups in total. The van der Waals surface area contributed by atoms with Gasteiger partial charge in [0.2, 0.25) is 15.9 Å². The lowest BCUT2D eigenvalue weighted by atomic mass is 9.99. The van der Waals surface area contributed by atoms with Gasteiger partial charge in [-0.15, -0.1) is 11.3 Å². The molecule has 0 saturated carbocycles. The summed E-state index contributed by atoms with van der Waals surface area (Å²) in [6.07, 6.45) is 2.07. The summed E-state index contributed by atoms with van der Waals surface area (Å²) in [5.41, 5.74) is 1.44. The van der Waals surface area contributed by atoms with Gasteiger partial charge in [-0.25, -0.2) is 18.5 Å². The maximum atomic E-state index is 12.5. The number of nitrogens with one attached hydrogen (secondary N) is 1. The summed E-state index contributed by atoms with van der Waals surface area (Å²) in [5, 5.41) is 9.04. The molecule has 29 heavy (non-hydrogen) atoms. The maximum absolute atomic E-state index is 12.5. The Labute approximate surface area is 173 Å². The molecule has 1 amide bonds. The van der Waals surface area contributed by atoms with Crippen molar-refractivity contribution in [2.24, 2.45) is 5.14 Å². The minimum atomic E-state index is -3.80. The Morgan fingerprint density at radius 2 is 2.07 bits per heavy atom. The van der Waals surface area contributed by atoms with Crippen LogP contribution in [0.1, 0.15) is 23.8 Å². The second-order valence-corrected chi connectivity index (χ2v) is 9.84. The normalized spacial score (nSPS) is 18.0. The summed E-state index contributed by atoms with van der Waals surface area (Å²) in [6, 6.07) is 14.1. The van der Waals surface area contributed by atoms with E-state index in [-0.39, 0.29) is 17.3 Å². The van der Waals surface area contributed by atoms with Crippen molar-refractivity contribution >= 4 is 43.2 Å². The van der Waals surface area contributed by atoms with Crippen molar-refractivity contribution in [1.82, 2.24) is 9.88 Å². The average Bonchev–Trinajstić information content (AvgIpc) is 3.12. The van der Waals surface area contributed by atoms with Crippen molar-refractivity contribution in [3.8, 4) is 0 Å². The lowest BCUT2D eigenvalue weighted by Crippen LogP contribution is -2.39. The molecule has 2 aromatic carbocycles. The number of carbonyl (C=O) groups is 1. The third kappa shape index (κ3) is 4.81. The first-order chi connectivity index (χ1) is 13.9. The molecule has 0 spiro atoms. The van der Waals surface area contributed by atoms with Gasteiger partial charge in [0.15, 0.2) is 0 Å². The summed E-state index contributed by atoms with van der Waals surface area (Å²) in [4.78, 5) is 19.4. The van der Waals surface area contributed by atoms with Crippen LogP contribution in [-0.2, 0) is 14.8 Å². The van der Waals surface area contributed by atoms with Gasteiger partial charge >= 0.3 is 0 Å². The van der Waals surface area contributed by atoms with Crippen LogP contribution in [0.4, 0.5) is 5.69 Å². The Morgan fingerprint density at radius 3 is 2.86 bits per heavy atom. The van der Waals surface area contributed by atoms with Gasteiger partial charge in [0.25, 0.3) is 0 Å². The summed E-state index contributed by atoms with van der Waals surface area (Å²) in [7, 11) is -3.80. The number of rotatable bonds is 5. The smallest absolute Gasteiger partial charge is 0.238 e. The Hall–Kier alpha value is -2.33. The number of likely N-dealkylation sites (tertiary alicyclic amines) is 1. The van der Waals surface area contributed by atoms with Crippen molar-refractivity contribution in [2.75, 3.05) is 25.0 Å². The third-order valence-electron chi connectivity index (χ3n) is 4.98. The first kappa shape index (κ1) is 20.0. The fourth-order valence-corrected chi connectivity index (χ4v) is 5.27. The first-order valence-electron chi connectivity index (χ1n) is 9.39. The van der Waals surface area contributed by atoms with E-state index in [1.54, 1.807) is 23.5 Å². The lowest BCUT2D eigenvalue weighted by Gasteiger charge is -2.31. The molecule has 1 aliphatic heterocycles. The molecule has 0 radical (unpaired) electrons. The van der Waals surface area contributed by atoms with Crippen LogP contribution in [0, 0.1) is 0 Å². The number of para-hydroxylation sites is 1. The summed E-state index contributed by atoms with van der Waals surface area (Å²) < 4.78 is 24.1. The molecular formula is C20H22N4O3S2. The molecule has 1 saturated heterocycles. The van der Waals surface area contributed by atoms with Gasteiger partial charge in [0, 0.05) is 18.2 Å². The second kappa shape index (κ2) is 8.19. The van der Waals surface area contributed by atoms with E-state index in [0.717, 1.165) is 36.5 Å². The average molecular weight is 431 g/mol. The molecular weight excluding hydrogens is 408 g/mol. The van der Waals surface area contributed by atoms with E-state index >= 15 is 0 Å². The molecule has 0 aliphatic carbocycles. The van der Waals surface area contributed by atoms with Gasteiger partial charge < -0.3 is 5.32 Å².